The summed E-state index contributed by atoms with van der Waals surface area (Å²) >= 11 is 0. The molecule has 8 heteroatoms. The number of carbonyl (C=O) groups excluding carboxylic acids is 1. The molecule has 1 fully saturated rings. The van der Waals surface area contributed by atoms with Gasteiger partial charge < -0.3 is 15.0 Å². The summed E-state index contributed by atoms with van der Waals surface area (Å²) in [6.45, 7) is 2.69. The van der Waals surface area contributed by atoms with Crippen LogP contribution < -0.4 is 10.1 Å². The lowest BCUT2D eigenvalue weighted by Gasteiger charge is -2.38. The van der Waals surface area contributed by atoms with E-state index in [4.69, 9.17) is 4.74 Å². The Balaban J connectivity index is 1.70. The number of rotatable bonds is 4. The molecule has 0 unspecified atom stereocenters. The predicted octanol–water partition coefficient (Wildman–Crippen LogP) is 2.62. The second kappa shape index (κ2) is 7.98. The molecule has 0 radical (unpaired) electrons. The van der Waals surface area contributed by atoms with Crippen LogP contribution in [0.1, 0.15) is 6.92 Å². The zero-order valence-corrected chi connectivity index (χ0v) is 16.1. The number of anilines is 1. The lowest BCUT2D eigenvalue weighted by Crippen LogP contribution is -2.56. The van der Waals surface area contributed by atoms with Crippen LogP contribution in [0.15, 0.2) is 59.5 Å². The van der Waals surface area contributed by atoms with Crippen molar-refractivity contribution in [1.29, 1.82) is 0 Å². The van der Waals surface area contributed by atoms with Gasteiger partial charge in [0.25, 0.3) is 0 Å². The smallest absolute Gasteiger partial charge is 0.321 e. The number of methoxy groups -OCH3 is 1. The average Bonchev–Trinajstić information content (AvgIpc) is 2.68. The van der Waals surface area contributed by atoms with E-state index in [2.05, 4.69) is 5.32 Å². The van der Waals surface area contributed by atoms with E-state index in [0.29, 0.717) is 24.5 Å². The van der Waals surface area contributed by atoms with Crippen molar-refractivity contribution in [2.24, 2.45) is 0 Å². The molecule has 7 nitrogen and oxygen atoms in total. The van der Waals surface area contributed by atoms with E-state index in [1.54, 1.807) is 30.0 Å². The molecular formula is C19H23N3O4S. The Labute approximate surface area is 159 Å². The fourth-order valence-corrected chi connectivity index (χ4v) is 4.75. The Morgan fingerprint density at radius 3 is 2.52 bits per heavy atom. The number of para-hydroxylation sites is 1. The minimum absolute atomic E-state index is 0.191. The van der Waals surface area contributed by atoms with Gasteiger partial charge in [0.05, 0.1) is 12.0 Å². The van der Waals surface area contributed by atoms with Crippen molar-refractivity contribution < 1.29 is 17.9 Å². The second-order valence-corrected chi connectivity index (χ2v) is 8.28. The first kappa shape index (κ1) is 19.2. The van der Waals surface area contributed by atoms with Crippen molar-refractivity contribution >= 4 is 21.7 Å². The highest BCUT2D eigenvalue weighted by Crippen LogP contribution is 2.24. The molecule has 3 rings (SSSR count). The Kier molecular flexibility index (Phi) is 5.67. The summed E-state index contributed by atoms with van der Waals surface area (Å²) in [5, 5.41) is 2.84. The topological polar surface area (TPSA) is 79.0 Å². The minimum atomic E-state index is -3.66. The number of hydrogen-bond acceptors (Lipinski definition) is 4. The quantitative estimate of drug-likeness (QED) is 0.872. The molecule has 0 bridgehead atoms. The number of nitrogens with one attached hydrogen (secondary N) is 1. The van der Waals surface area contributed by atoms with Crippen LogP contribution in [-0.2, 0) is 10.0 Å². The van der Waals surface area contributed by atoms with E-state index in [0.717, 1.165) is 0 Å². The zero-order valence-electron chi connectivity index (χ0n) is 15.3. The number of carbonyl (C=O) groups is 1. The zero-order chi connectivity index (χ0) is 19.4. The van der Waals surface area contributed by atoms with Crippen LogP contribution in [0.5, 0.6) is 5.75 Å². The highest BCUT2D eigenvalue weighted by atomic mass is 32.2. The van der Waals surface area contributed by atoms with Crippen LogP contribution >= 0.6 is 0 Å². The van der Waals surface area contributed by atoms with Gasteiger partial charge in [-0.15, -0.1) is 0 Å². The van der Waals surface area contributed by atoms with Gasteiger partial charge in [-0.25, -0.2) is 13.2 Å². The van der Waals surface area contributed by atoms with Gasteiger partial charge in [-0.3, -0.25) is 0 Å². The number of ether oxygens (including phenoxy) is 1. The number of benzene rings is 2. The molecular weight excluding hydrogens is 366 g/mol. The maximum atomic E-state index is 13.0. The standard InChI is InChI=1S/C19H23N3O4S/c1-15-14-21(19(23)20-16-7-4-3-5-8-16)11-12-22(15)27(24,25)18-10-6-9-17(13-18)26-2/h3-10,13,15H,11-12,14H2,1-2H3,(H,20,23)/t15-/m0/s1. The highest BCUT2D eigenvalue weighted by Gasteiger charge is 2.35. The molecule has 0 aliphatic carbocycles. The van der Waals surface area contributed by atoms with Crippen LogP contribution in [0.2, 0.25) is 0 Å². The molecule has 1 heterocycles. The van der Waals surface area contributed by atoms with E-state index in [1.165, 1.54) is 17.5 Å². The van der Waals surface area contributed by atoms with Crippen LogP contribution in [0.4, 0.5) is 10.5 Å². The fourth-order valence-electron chi connectivity index (χ4n) is 3.10. The average molecular weight is 389 g/mol. The Morgan fingerprint density at radius 2 is 1.85 bits per heavy atom. The summed E-state index contributed by atoms with van der Waals surface area (Å²) in [7, 11) is -2.16. The molecule has 1 aliphatic heterocycles. The predicted molar refractivity (Wildman–Crippen MR) is 103 cm³/mol. The van der Waals surface area contributed by atoms with Crippen LogP contribution in [0.3, 0.4) is 0 Å². The van der Waals surface area contributed by atoms with Crippen molar-refractivity contribution in [3.8, 4) is 5.75 Å². The monoisotopic (exact) mass is 389 g/mol. The number of hydrogen-bond donors (Lipinski definition) is 1. The van der Waals surface area contributed by atoms with Gasteiger partial charge in [0, 0.05) is 37.4 Å². The Bertz CT molecular complexity index is 902. The van der Waals surface area contributed by atoms with Gasteiger partial charge in [-0.1, -0.05) is 24.3 Å². The van der Waals surface area contributed by atoms with Gasteiger partial charge in [-0.05, 0) is 31.2 Å². The van der Waals surface area contributed by atoms with E-state index in [1.807, 2.05) is 30.3 Å². The molecule has 0 aromatic heterocycles. The lowest BCUT2D eigenvalue weighted by atomic mass is 10.2. The van der Waals surface area contributed by atoms with Crippen molar-refractivity contribution in [1.82, 2.24) is 9.21 Å². The van der Waals surface area contributed by atoms with Gasteiger partial charge in [-0.2, -0.15) is 4.31 Å². The number of sulfonamides is 1. The first-order chi connectivity index (χ1) is 12.9. The Morgan fingerprint density at radius 1 is 1.11 bits per heavy atom. The van der Waals surface area contributed by atoms with Gasteiger partial charge in [0.1, 0.15) is 5.75 Å². The van der Waals surface area contributed by atoms with Crippen molar-refractivity contribution in [2.45, 2.75) is 17.9 Å². The van der Waals surface area contributed by atoms with E-state index in [9.17, 15) is 13.2 Å². The summed E-state index contributed by atoms with van der Waals surface area (Å²) in [4.78, 5) is 14.3. The first-order valence-electron chi connectivity index (χ1n) is 8.68. The lowest BCUT2D eigenvalue weighted by molar-refractivity contribution is 0.157. The van der Waals surface area contributed by atoms with Gasteiger partial charge >= 0.3 is 6.03 Å². The number of nitrogens with zero attached hydrogens (tertiary/aromatic N) is 2. The molecule has 1 atom stereocenters. The van der Waals surface area contributed by atoms with E-state index < -0.39 is 10.0 Å². The SMILES string of the molecule is COc1cccc(S(=O)(=O)N2CCN(C(=O)Nc3ccccc3)C[C@@H]2C)c1. The number of amides is 2. The largest absolute Gasteiger partial charge is 0.497 e. The molecule has 1 N–H and O–H groups in total. The molecule has 2 aromatic carbocycles. The molecule has 0 saturated carbocycles. The van der Waals surface area contributed by atoms with Gasteiger partial charge in [0.2, 0.25) is 10.0 Å². The molecule has 2 amide bonds. The summed E-state index contributed by atoms with van der Waals surface area (Å²) < 4.78 is 32.5. The third-order valence-electron chi connectivity index (χ3n) is 4.53. The van der Waals surface area contributed by atoms with Crippen molar-refractivity contribution in [2.75, 3.05) is 32.1 Å². The summed E-state index contributed by atoms with van der Waals surface area (Å²) in [5.41, 5.74) is 0.710. The second-order valence-electron chi connectivity index (χ2n) is 6.39. The van der Waals surface area contributed by atoms with Crippen molar-refractivity contribution in [3.63, 3.8) is 0 Å². The summed E-state index contributed by atoms with van der Waals surface area (Å²) in [6, 6.07) is 15.0. The highest BCUT2D eigenvalue weighted by molar-refractivity contribution is 7.89. The van der Waals surface area contributed by atoms with Crippen LogP contribution in [0, 0.1) is 0 Å². The summed E-state index contributed by atoms with van der Waals surface area (Å²) in [6.07, 6.45) is 0. The first-order valence-corrected chi connectivity index (χ1v) is 10.1. The number of urea groups is 1. The van der Waals surface area contributed by atoms with Gasteiger partial charge in [0.15, 0.2) is 0 Å². The van der Waals surface area contributed by atoms with E-state index >= 15 is 0 Å². The summed E-state index contributed by atoms with van der Waals surface area (Å²) in [5.74, 6) is 0.490. The fraction of sp³-hybridized carbons (Fsp3) is 0.316. The molecule has 144 valence electrons. The third kappa shape index (κ3) is 4.23. The van der Waals surface area contributed by atoms with E-state index in [-0.39, 0.29) is 23.5 Å². The van der Waals surface area contributed by atoms with Crippen molar-refractivity contribution in [3.05, 3.63) is 54.6 Å². The van der Waals surface area contributed by atoms with Crippen LogP contribution in [-0.4, -0.2) is 56.4 Å². The maximum absolute atomic E-state index is 13.0. The normalized spacial score (nSPS) is 18.1. The third-order valence-corrected chi connectivity index (χ3v) is 6.54. The molecule has 27 heavy (non-hydrogen) atoms. The molecule has 1 aliphatic rings. The molecule has 1 saturated heterocycles. The molecule has 2 aromatic rings. The maximum Gasteiger partial charge on any atom is 0.321 e. The number of piperazine rings is 1. The minimum Gasteiger partial charge on any atom is -0.497 e. The molecule has 0 spiro atoms. The Hall–Kier alpha value is -2.58. The van der Waals surface area contributed by atoms with Crippen LogP contribution in [0.25, 0.3) is 0 Å².